The van der Waals surface area contributed by atoms with Crippen molar-refractivity contribution in [1.82, 2.24) is 0 Å². The zero-order valence-corrected chi connectivity index (χ0v) is 16.6. The molecule has 1 N–H and O–H groups in total. The zero-order chi connectivity index (χ0) is 19.0. The maximum Gasteiger partial charge on any atom is 0.341 e. The summed E-state index contributed by atoms with van der Waals surface area (Å²) >= 11 is 1.56. The van der Waals surface area contributed by atoms with Gasteiger partial charge >= 0.3 is 5.97 Å². The standard InChI is InChI=1S/C22H25NO3S/c1-3-26-22(25)19-15-10-9-13(2)11-18(15)27-21(19)23-20(24)17-12-16(17)14-7-5-4-6-8-14/h4-8,13,16-17H,3,9-12H2,1-2H3,(H,23,24)/t13-,16-,17+/m1/s1. The Morgan fingerprint density at radius 1 is 1.26 bits per heavy atom. The number of amides is 1. The molecule has 1 amide bonds. The molecule has 1 fully saturated rings. The first-order chi connectivity index (χ1) is 13.1. The van der Waals surface area contributed by atoms with E-state index in [0.717, 1.165) is 31.2 Å². The molecule has 0 bridgehead atoms. The van der Waals surface area contributed by atoms with Crippen LogP contribution >= 0.6 is 11.3 Å². The third-order valence-corrected chi connectivity index (χ3v) is 6.75. The fraction of sp³-hybridized carbons (Fsp3) is 0.455. The molecule has 2 aromatic rings. The molecule has 0 aliphatic heterocycles. The van der Waals surface area contributed by atoms with Crippen molar-refractivity contribution in [2.75, 3.05) is 11.9 Å². The summed E-state index contributed by atoms with van der Waals surface area (Å²) in [7, 11) is 0. The van der Waals surface area contributed by atoms with E-state index >= 15 is 0 Å². The lowest BCUT2D eigenvalue weighted by molar-refractivity contribution is -0.117. The van der Waals surface area contributed by atoms with E-state index in [9.17, 15) is 9.59 Å². The molecule has 142 valence electrons. The number of thiophene rings is 1. The Hall–Kier alpha value is -2.14. The van der Waals surface area contributed by atoms with Crippen molar-refractivity contribution in [3.63, 3.8) is 0 Å². The molecule has 0 unspecified atom stereocenters. The van der Waals surface area contributed by atoms with Crippen molar-refractivity contribution in [1.29, 1.82) is 0 Å². The number of nitrogens with one attached hydrogen (secondary N) is 1. The van der Waals surface area contributed by atoms with E-state index < -0.39 is 0 Å². The van der Waals surface area contributed by atoms with Gasteiger partial charge in [-0.1, -0.05) is 37.3 Å². The molecule has 1 aromatic heterocycles. The van der Waals surface area contributed by atoms with Crippen LogP contribution < -0.4 is 5.32 Å². The third kappa shape index (κ3) is 3.65. The monoisotopic (exact) mass is 383 g/mol. The Balaban J connectivity index is 1.55. The molecular formula is C22H25NO3S. The van der Waals surface area contributed by atoms with Crippen LogP contribution in [0.25, 0.3) is 0 Å². The van der Waals surface area contributed by atoms with Gasteiger partial charge in [0.15, 0.2) is 0 Å². The summed E-state index contributed by atoms with van der Waals surface area (Å²) in [6.45, 7) is 4.39. The van der Waals surface area contributed by atoms with Crippen LogP contribution in [-0.4, -0.2) is 18.5 Å². The van der Waals surface area contributed by atoms with Gasteiger partial charge in [0, 0.05) is 10.8 Å². The first-order valence-corrected chi connectivity index (χ1v) is 10.6. The van der Waals surface area contributed by atoms with Crippen molar-refractivity contribution < 1.29 is 14.3 Å². The van der Waals surface area contributed by atoms with Crippen molar-refractivity contribution in [2.24, 2.45) is 11.8 Å². The third-order valence-electron chi connectivity index (χ3n) is 5.58. The van der Waals surface area contributed by atoms with Crippen LogP contribution in [0.5, 0.6) is 0 Å². The maximum atomic E-state index is 12.8. The molecule has 3 atom stereocenters. The fourth-order valence-corrected chi connectivity index (χ4v) is 5.42. The largest absolute Gasteiger partial charge is 0.462 e. The van der Waals surface area contributed by atoms with Crippen molar-refractivity contribution in [3.8, 4) is 0 Å². The summed E-state index contributed by atoms with van der Waals surface area (Å²) in [6, 6.07) is 10.2. The van der Waals surface area contributed by atoms with E-state index in [-0.39, 0.29) is 23.7 Å². The smallest absolute Gasteiger partial charge is 0.341 e. The number of benzene rings is 1. The highest BCUT2D eigenvalue weighted by Crippen LogP contribution is 2.48. The molecule has 2 aliphatic carbocycles. The van der Waals surface area contributed by atoms with Crippen LogP contribution in [0.3, 0.4) is 0 Å². The summed E-state index contributed by atoms with van der Waals surface area (Å²) in [5.74, 6) is 0.587. The number of ether oxygens (including phenoxy) is 1. The number of rotatable bonds is 5. The van der Waals surface area contributed by atoms with Gasteiger partial charge in [0.1, 0.15) is 5.00 Å². The molecule has 1 saturated carbocycles. The minimum Gasteiger partial charge on any atom is -0.462 e. The molecule has 1 aromatic carbocycles. The summed E-state index contributed by atoms with van der Waals surface area (Å²) in [4.78, 5) is 26.6. The second kappa shape index (κ2) is 7.47. The molecular weight excluding hydrogens is 358 g/mol. The van der Waals surface area contributed by atoms with Crippen LogP contribution in [0.1, 0.15) is 59.0 Å². The molecule has 2 aliphatic rings. The van der Waals surface area contributed by atoms with Crippen LogP contribution in [-0.2, 0) is 22.4 Å². The van der Waals surface area contributed by atoms with E-state index in [0.29, 0.717) is 23.1 Å². The normalized spacial score (nSPS) is 23.4. The van der Waals surface area contributed by atoms with Gasteiger partial charge in [-0.25, -0.2) is 4.79 Å². The van der Waals surface area contributed by atoms with Gasteiger partial charge in [-0.15, -0.1) is 11.3 Å². The number of esters is 1. The van der Waals surface area contributed by atoms with Crippen molar-refractivity contribution in [2.45, 2.75) is 45.4 Å². The summed E-state index contributed by atoms with van der Waals surface area (Å²) in [5, 5.41) is 3.74. The summed E-state index contributed by atoms with van der Waals surface area (Å²) < 4.78 is 5.28. The second-order valence-electron chi connectivity index (χ2n) is 7.62. The van der Waals surface area contributed by atoms with E-state index in [1.165, 1.54) is 10.4 Å². The van der Waals surface area contributed by atoms with Gasteiger partial charge < -0.3 is 10.1 Å². The Morgan fingerprint density at radius 3 is 2.78 bits per heavy atom. The first-order valence-electron chi connectivity index (χ1n) is 9.76. The maximum absolute atomic E-state index is 12.8. The fourth-order valence-electron chi connectivity index (χ4n) is 4.02. The molecule has 1 heterocycles. The molecule has 0 radical (unpaired) electrons. The first kappa shape index (κ1) is 18.2. The summed E-state index contributed by atoms with van der Waals surface area (Å²) in [5.41, 5.74) is 2.89. The molecule has 27 heavy (non-hydrogen) atoms. The lowest BCUT2D eigenvalue weighted by Crippen LogP contribution is -2.18. The Labute approximate surface area is 163 Å². The number of carbonyl (C=O) groups is 2. The quantitative estimate of drug-likeness (QED) is 0.755. The van der Waals surface area contributed by atoms with Crippen LogP contribution in [0, 0.1) is 11.8 Å². The van der Waals surface area contributed by atoms with Gasteiger partial charge in [0.2, 0.25) is 5.91 Å². The van der Waals surface area contributed by atoms with Gasteiger partial charge in [-0.2, -0.15) is 0 Å². The minimum absolute atomic E-state index is 0.0134. The lowest BCUT2D eigenvalue weighted by atomic mass is 9.88. The van der Waals surface area contributed by atoms with Crippen molar-refractivity contribution in [3.05, 3.63) is 51.9 Å². The SMILES string of the molecule is CCOC(=O)c1c(NC(=O)[C@H]2C[C@@H]2c2ccccc2)sc2c1CC[C@@H](C)C2. The molecule has 4 rings (SSSR count). The number of fused-ring (bicyclic) bond motifs is 1. The predicted molar refractivity (Wildman–Crippen MR) is 107 cm³/mol. The molecule has 5 heteroatoms. The summed E-state index contributed by atoms with van der Waals surface area (Å²) in [6.07, 6.45) is 3.79. The molecule has 0 spiro atoms. The van der Waals surface area contributed by atoms with Crippen LogP contribution in [0.2, 0.25) is 0 Å². The Morgan fingerprint density at radius 2 is 2.04 bits per heavy atom. The number of hydrogen-bond donors (Lipinski definition) is 1. The number of carbonyl (C=O) groups excluding carboxylic acids is 2. The highest BCUT2D eigenvalue weighted by atomic mass is 32.1. The highest BCUT2D eigenvalue weighted by Gasteiger charge is 2.44. The zero-order valence-electron chi connectivity index (χ0n) is 15.8. The van der Waals surface area contributed by atoms with Gasteiger partial charge in [0.05, 0.1) is 12.2 Å². The average molecular weight is 384 g/mol. The molecule has 0 saturated heterocycles. The van der Waals surface area contributed by atoms with Crippen LogP contribution in [0.15, 0.2) is 30.3 Å². The highest BCUT2D eigenvalue weighted by molar-refractivity contribution is 7.17. The minimum atomic E-state index is -0.310. The number of anilines is 1. The van der Waals surface area contributed by atoms with Gasteiger partial charge in [-0.3, -0.25) is 4.79 Å². The number of hydrogen-bond acceptors (Lipinski definition) is 4. The lowest BCUT2D eigenvalue weighted by Gasteiger charge is -2.18. The van der Waals surface area contributed by atoms with E-state index in [1.807, 2.05) is 25.1 Å². The van der Waals surface area contributed by atoms with Crippen molar-refractivity contribution >= 4 is 28.2 Å². The van der Waals surface area contributed by atoms with Crippen LogP contribution in [0.4, 0.5) is 5.00 Å². The second-order valence-corrected chi connectivity index (χ2v) is 8.73. The topological polar surface area (TPSA) is 55.4 Å². The predicted octanol–water partition coefficient (Wildman–Crippen LogP) is 4.79. The van der Waals surface area contributed by atoms with Gasteiger partial charge in [0.25, 0.3) is 0 Å². The molecule has 4 nitrogen and oxygen atoms in total. The van der Waals surface area contributed by atoms with E-state index in [4.69, 9.17) is 4.74 Å². The van der Waals surface area contributed by atoms with Gasteiger partial charge in [-0.05, 0) is 55.6 Å². The van der Waals surface area contributed by atoms with E-state index in [2.05, 4.69) is 24.4 Å². The Bertz CT molecular complexity index is 858. The Kier molecular flexibility index (Phi) is 5.04. The van der Waals surface area contributed by atoms with E-state index in [1.54, 1.807) is 11.3 Å². The average Bonchev–Trinajstić information content (AvgIpc) is 3.38.